The molecule has 0 bridgehead atoms. The number of carbonyl (C=O) groups is 1. The maximum Gasteiger partial charge on any atom is 0.271 e. The van der Waals surface area contributed by atoms with Crippen molar-refractivity contribution in [2.24, 2.45) is 0 Å². The van der Waals surface area contributed by atoms with Crippen molar-refractivity contribution in [1.82, 2.24) is 4.98 Å². The first-order valence-corrected chi connectivity index (χ1v) is 9.30. The Morgan fingerprint density at radius 3 is 2.68 bits per heavy atom. The van der Waals surface area contributed by atoms with E-state index in [-0.39, 0.29) is 11.6 Å². The van der Waals surface area contributed by atoms with Crippen molar-refractivity contribution in [3.63, 3.8) is 0 Å². The van der Waals surface area contributed by atoms with Gasteiger partial charge in [0.15, 0.2) is 5.76 Å². The lowest BCUT2D eigenvalue weighted by Gasteiger charge is -2.08. The number of methoxy groups -OCH3 is 1. The molecule has 3 aromatic carbocycles. The fourth-order valence-corrected chi connectivity index (χ4v) is 3.07. The SMILES string of the molecule is COc1cccc(-c2cnc(-c3ccccc3C(=O)Nc3cccc([N+](=O)[O-])c3)o2)c1. The fourth-order valence-electron chi connectivity index (χ4n) is 3.07. The lowest BCUT2D eigenvalue weighted by atomic mass is 10.1. The molecule has 1 heterocycles. The number of hydrogen-bond acceptors (Lipinski definition) is 6. The summed E-state index contributed by atoms with van der Waals surface area (Å²) in [6, 6.07) is 20.0. The third kappa shape index (κ3) is 4.27. The van der Waals surface area contributed by atoms with Crippen LogP contribution < -0.4 is 10.1 Å². The average molecular weight is 415 g/mol. The molecule has 8 heteroatoms. The predicted molar refractivity (Wildman–Crippen MR) is 115 cm³/mol. The van der Waals surface area contributed by atoms with Crippen molar-refractivity contribution in [1.29, 1.82) is 0 Å². The molecule has 0 aliphatic heterocycles. The van der Waals surface area contributed by atoms with Gasteiger partial charge in [-0.1, -0.05) is 30.3 Å². The zero-order valence-electron chi connectivity index (χ0n) is 16.4. The summed E-state index contributed by atoms with van der Waals surface area (Å²) < 4.78 is 11.2. The number of carbonyl (C=O) groups excluding carboxylic acids is 1. The molecule has 0 aliphatic rings. The lowest BCUT2D eigenvalue weighted by Crippen LogP contribution is -2.13. The Morgan fingerprint density at radius 1 is 1.06 bits per heavy atom. The number of amides is 1. The Kier molecular flexibility index (Phi) is 5.44. The quantitative estimate of drug-likeness (QED) is 0.343. The molecular formula is C23H17N3O5. The highest BCUT2D eigenvalue weighted by Gasteiger charge is 2.18. The van der Waals surface area contributed by atoms with Crippen molar-refractivity contribution in [2.45, 2.75) is 0 Å². The second-order valence-corrected chi connectivity index (χ2v) is 6.57. The average Bonchev–Trinajstić information content (AvgIpc) is 3.29. The molecule has 0 saturated heterocycles. The fraction of sp³-hybridized carbons (Fsp3) is 0.0435. The van der Waals surface area contributed by atoms with Gasteiger partial charge in [-0.15, -0.1) is 0 Å². The molecule has 8 nitrogen and oxygen atoms in total. The lowest BCUT2D eigenvalue weighted by molar-refractivity contribution is -0.384. The van der Waals surface area contributed by atoms with E-state index in [1.54, 1.807) is 43.6 Å². The number of oxazole rings is 1. The molecule has 0 fully saturated rings. The van der Waals surface area contributed by atoms with Gasteiger partial charge < -0.3 is 14.5 Å². The molecule has 0 saturated carbocycles. The number of benzene rings is 3. The number of ether oxygens (including phenoxy) is 1. The second kappa shape index (κ2) is 8.50. The van der Waals surface area contributed by atoms with Crippen molar-refractivity contribution >= 4 is 17.3 Å². The number of non-ortho nitro benzene ring substituents is 1. The summed E-state index contributed by atoms with van der Waals surface area (Å²) >= 11 is 0. The van der Waals surface area contributed by atoms with Crippen LogP contribution in [0.5, 0.6) is 5.75 Å². The number of nitrogens with one attached hydrogen (secondary N) is 1. The summed E-state index contributed by atoms with van der Waals surface area (Å²) in [6.45, 7) is 0. The number of nitro benzene ring substituents is 1. The van der Waals surface area contributed by atoms with Gasteiger partial charge in [0.05, 0.1) is 23.8 Å². The van der Waals surface area contributed by atoms with Crippen molar-refractivity contribution < 1.29 is 18.9 Å². The molecule has 0 radical (unpaired) electrons. The van der Waals surface area contributed by atoms with Gasteiger partial charge in [0.2, 0.25) is 5.89 Å². The van der Waals surface area contributed by atoms with Crippen molar-refractivity contribution in [3.05, 3.63) is 94.7 Å². The molecule has 0 aliphatic carbocycles. The summed E-state index contributed by atoms with van der Waals surface area (Å²) in [6.07, 6.45) is 1.58. The van der Waals surface area contributed by atoms with Crippen molar-refractivity contribution in [3.8, 4) is 28.5 Å². The molecule has 1 aromatic heterocycles. The highest BCUT2D eigenvalue weighted by atomic mass is 16.6. The topological polar surface area (TPSA) is 108 Å². The third-order valence-electron chi connectivity index (χ3n) is 4.58. The summed E-state index contributed by atoms with van der Waals surface area (Å²) in [5.41, 5.74) is 1.82. The van der Waals surface area contributed by atoms with Crippen LogP contribution in [0.2, 0.25) is 0 Å². The summed E-state index contributed by atoms with van der Waals surface area (Å²) in [5.74, 6) is 1.06. The molecule has 4 rings (SSSR count). The van der Waals surface area contributed by atoms with E-state index in [0.29, 0.717) is 28.3 Å². The highest BCUT2D eigenvalue weighted by Crippen LogP contribution is 2.30. The Hall–Kier alpha value is -4.46. The van der Waals surface area contributed by atoms with E-state index in [2.05, 4.69) is 10.3 Å². The Labute approximate surface area is 177 Å². The van der Waals surface area contributed by atoms with Crippen LogP contribution in [0.1, 0.15) is 10.4 Å². The van der Waals surface area contributed by atoms with Gasteiger partial charge in [0.1, 0.15) is 5.75 Å². The summed E-state index contributed by atoms with van der Waals surface area (Å²) in [4.78, 5) is 27.7. The van der Waals surface area contributed by atoms with Crippen molar-refractivity contribution in [2.75, 3.05) is 12.4 Å². The number of aromatic nitrogens is 1. The van der Waals surface area contributed by atoms with E-state index in [0.717, 1.165) is 5.56 Å². The zero-order chi connectivity index (χ0) is 21.8. The smallest absolute Gasteiger partial charge is 0.271 e. The second-order valence-electron chi connectivity index (χ2n) is 6.57. The van der Waals surface area contributed by atoms with Crippen LogP contribution in [0.25, 0.3) is 22.8 Å². The van der Waals surface area contributed by atoms with Gasteiger partial charge in [-0.3, -0.25) is 14.9 Å². The molecule has 1 N–H and O–H groups in total. The molecule has 1 amide bonds. The maximum atomic E-state index is 12.9. The van der Waals surface area contributed by atoms with Crippen LogP contribution >= 0.6 is 0 Å². The number of rotatable bonds is 6. The van der Waals surface area contributed by atoms with Crippen LogP contribution in [-0.4, -0.2) is 22.9 Å². The summed E-state index contributed by atoms with van der Waals surface area (Å²) in [5, 5.41) is 13.7. The maximum absolute atomic E-state index is 12.9. The minimum absolute atomic E-state index is 0.110. The van der Waals surface area contributed by atoms with E-state index in [1.165, 1.54) is 18.2 Å². The highest BCUT2D eigenvalue weighted by molar-refractivity contribution is 6.08. The van der Waals surface area contributed by atoms with Gasteiger partial charge in [0.25, 0.3) is 11.6 Å². The number of nitrogens with zero attached hydrogens (tertiary/aromatic N) is 2. The Balaban J connectivity index is 1.63. The van der Waals surface area contributed by atoms with Gasteiger partial charge in [-0.2, -0.15) is 0 Å². The van der Waals surface area contributed by atoms with Crippen LogP contribution in [0.3, 0.4) is 0 Å². The van der Waals surface area contributed by atoms with Gasteiger partial charge in [0, 0.05) is 28.9 Å². The van der Waals surface area contributed by atoms with E-state index < -0.39 is 10.8 Å². The van der Waals surface area contributed by atoms with E-state index in [9.17, 15) is 14.9 Å². The zero-order valence-corrected chi connectivity index (χ0v) is 16.4. The molecule has 0 atom stereocenters. The van der Waals surface area contributed by atoms with E-state index in [1.807, 2.05) is 24.3 Å². The first-order chi connectivity index (χ1) is 15.0. The molecule has 31 heavy (non-hydrogen) atoms. The number of anilines is 1. The first kappa shape index (κ1) is 19.8. The molecule has 0 spiro atoms. The van der Waals surface area contributed by atoms with Gasteiger partial charge in [-0.25, -0.2) is 4.98 Å². The monoisotopic (exact) mass is 415 g/mol. The molecule has 0 unspecified atom stereocenters. The normalized spacial score (nSPS) is 10.5. The third-order valence-corrected chi connectivity index (χ3v) is 4.58. The standard InChI is InChI=1S/C23H17N3O5/c1-30-18-9-4-6-15(12-18)21-14-24-23(31-21)20-11-3-2-10-19(20)22(27)25-16-7-5-8-17(13-16)26(28)29/h2-14H,1H3,(H,25,27). The molecule has 154 valence electrons. The largest absolute Gasteiger partial charge is 0.497 e. The van der Waals surface area contributed by atoms with Gasteiger partial charge in [-0.05, 0) is 30.3 Å². The Morgan fingerprint density at radius 2 is 1.87 bits per heavy atom. The number of hydrogen-bond donors (Lipinski definition) is 1. The Bertz CT molecular complexity index is 1270. The number of nitro groups is 1. The minimum atomic E-state index is -0.517. The van der Waals surface area contributed by atoms with Gasteiger partial charge >= 0.3 is 0 Å². The minimum Gasteiger partial charge on any atom is -0.497 e. The van der Waals surface area contributed by atoms with E-state index >= 15 is 0 Å². The van der Waals surface area contributed by atoms with Crippen LogP contribution in [0.4, 0.5) is 11.4 Å². The van der Waals surface area contributed by atoms with E-state index in [4.69, 9.17) is 9.15 Å². The molecular weight excluding hydrogens is 398 g/mol. The summed E-state index contributed by atoms with van der Waals surface area (Å²) in [7, 11) is 1.58. The van der Waals surface area contributed by atoms with Crippen LogP contribution in [0, 0.1) is 10.1 Å². The predicted octanol–water partition coefficient (Wildman–Crippen LogP) is 5.18. The van der Waals surface area contributed by atoms with Crippen LogP contribution in [-0.2, 0) is 0 Å². The molecule has 4 aromatic rings. The first-order valence-electron chi connectivity index (χ1n) is 9.30. The van der Waals surface area contributed by atoms with Crippen LogP contribution in [0.15, 0.2) is 83.4 Å².